The molecule has 0 aliphatic rings. The Morgan fingerprint density at radius 3 is 2.88 bits per heavy atom. The van der Waals surface area contributed by atoms with Gasteiger partial charge in [0.2, 0.25) is 0 Å². The van der Waals surface area contributed by atoms with Crippen molar-refractivity contribution in [2.24, 2.45) is 0 Å². The van der Waals surface area contributed by atoms with E-state index in [2.05, 4.69) is 10.5 Å². The number of carbonyl (C=O) groups is 2. The molecule has 7 heteroatoms. The van der Waals surface area contributed by atoms with E-state index in [9.17, 15) is 9.59 Å². The van der Waals surface area contributed by atoms with E-state index in [0.717, 1.165) is 10.4 Å². The van der Waals surface area contributed by atoms with E-state index in [1.165, 1.54) is 11.3 Å². The summed E-state index contributed by atoms with van der Waals surface area (Å²) in [7, 11) is 0. The summed E-state index contributed by atoms with van der Waals surface area (Å²) in [6.45, 7) is 1.68. The third-order valence-corrected chi connectivity index (χ3v) is 4.26. The van der Waals surface area contributed by atoms with Gasteiger partial charge in [0, 0.05) is 11.6 Å². The molecule has 2 heterocycles. The van der Waals surface area contributed by atoms with Crippen molar-refractivity contribution in [1.82, 2.24) is 10.5 Å². The van der Waals surface area contributed by atoms with Gasteiger partial charge in [-0.1, -0.05) is 28.9 Å². The second-order valence-corrected chi connectivity index (χ2v) is 6.32. The topological polar surface area (TPSA) is 81.4 Å². The quantitative estimate of drug-likeness (QED) is 0.686. The maximum absolute atomic E-state index is 12.0. The monoisotopic (exact) mass is 356 g/mol. The van der Waals surface area contributed by atoms with Gasteiger partial charge in [-0.05, 0) is 30.5 Å². The molecule has 0 aliphatic carbocycles. The van der Waals surface area contributed by atoms with Crippen LogP contribution >= 0.6 is 11.3 Å². The number of nitrogens with one attached hydrogen (secondary N) is 1. The molecule has 25 heavy (non-hydrogen) atoms. The van der Waals surface area contributed by atoms with Crippen LogP contribution in [0.3, 0.4) is 0 Å². The number of aromatic nitrogens is 1. The summed E-state index contributed by atoms with van der Waals surface area (Å²) >= 11 is 1.53. The van der Waals surface area contributed by atoms with Crippen LogP contribution in [0.1, 0.15) is 21.6 Å². The van der Waals surface area contributed by atoms with Crippen molar-refractivity contribution < 1.29 is 18.8 Å². The van der Waals surface area contributed by atoms with Gasteiger partial charge in [0.1, 0.15) is 18.8 Å². The number of rotatable bonds is 6. The summed E-state index contributed by atoms with van der Waals surface area (Å²) in [5.41, 5.74) is 1.99. The Balaban J connectivity index is 1.46. The van der Waals surface area contributed by atoms with Gasteiger partial charge < -0.3 is 14.6 Å². The van der Waals surface area contributed by atoms with Crippen LogP contribution in [-0.2, 0) is 16.1 Å². The third-order valence-electron chi connectivity index (χ3n) is 3.38. The first kappa shape index (κ1) is 16.9. The van der Waals surface area contributed by atoms with E-state index >= 15 is 0 Å². The van der Waals surface area contributed by atoms with Crippen LogP contribution in [0.5, 0.6) is 0 Å². The van der Waals surface area contributed by atoms with E-state index in [4.69, 9.17) is 9.26 Å². The molecule has 1 amide bonds. The summed E-state index contributed by atoms with van der Waals surface area (Å²) in [6.07, 6.45) is 0. The predicted octanol–water partition coefficient (Wildman–Crippen LogP) is 3.18. The molecule has 0 bridgehead atoms. The van der Waals surface area contributed by atoms with E-state index in [-0.39, 0.29) is 19.1 Å². The molecule has 2 aromatic heterocycles. The molecule has 0 spiro atoms. The zero-order chi connectivity index (χ0) is 17.6. The van der Waals surface area contributed by atoms with Crippen LogP contribution in [0.4, 0.5) is 0 Å². The zero-order valence-electron chi connectivity index (χ0n) is 13.5. The molecule has 1 aromatic carbocycles. The van der Waals surface area contributed by atoms with Crippen LogP contribution in [0.2, 0.25) is 0 Å². The summed E-state index contributed by atoms with van der Waals surface area (Å²) in [5.74, 6) is -0.224. The maximum Gasteiger partial charge on any atom is 0.325 e. The smallest absolute Gasteiger partial charge is 0.325 e. The van der Waals surface area contributed by atoms with Crippen molar-refractivity contribution >= 4 is 23.2 Å². The molecule has 0 aliphatic heterocycles. The summed E-state index contributed by atoms with van der Waals surface area (Å²) in [6, 6.07) is 12.7. The second kappa shape index (κ2) is 7.76. The second-order valence-electron chi connectivity index (χ2n) is 5.37. The van der Waals surface area contributed by atoms with Crippen LogP contribution in [0, 0.1) is 6.92 Å². The van der Waals surface area contributed by atoms with Crippen molar-refractivity contribution in [3.8, 4) is 10.6 Å². The highest BCUT2D eigenvalue weighted by Crippen LogP contribution is 2.25. The summed E-state index contributed by atoms with van der Waals surface area (Å²) in [4.78, 5) is 24.7. The molecule has 0 atom stereocenters. The molecule has 1 N–H and O–H groups in total. The van der Waals surface area contributed by atoms with Gasteiger partial charge in [0.05, 0.1) is 4.88 Å². The highest BCUT2D eigenvalue weighted by Gasteiger charge is 2.12. The van der Waals surface area contributed by atoms with E-state index in [0.29, 0.717) is 17.0 Å². The van der Waals surface area contributed by atoms with Gasteiger partial charge in [-0.2, -0.15) is 0 Å². The number of esters is 1. The summed E-state index contributed by atoms with van der Waals surface area (Å²) < 4.78 is 10.3. The van der Waals surface area contributed by atoms with Crippen molar-refractivity contribution in [3.63, 3.8) is 0 Å². The van der Waals surface area contributed by atoms with E-state index in [1.54, 1.807) is 24.3 Å². The Hall–Kier alpha value is -2.93. The minimum absolute atomic E-state index is 0.00593. The van der Waals surface area contributed by atoms with Gasteiger partial charge in [-0.15, -0.1) is 11.3 Å². The SMILES string of the molecule is Cc1cccc(C(=O)NCC(=O)OCc2cc(-c3cccs3)on2)c1. The Kier molecular flexibility index (Phi) is 5.25. The molecule has 0 radical (unpaired) electrons. The number of hydrogen-bond donors (Lipinski definition) is 1. The Bertz CT molecular complexity index is 871. The number of ether oxygens (including phenoxy) is 1. The Morgan fingerprint density at radius 2 is 2.12 bits per heavy atom. The first-order valence-corrected chi connectivity index (χ1v) is 8.50. The molecule has 3 rings (SSSR count). The van der Waals surface area contributed by atoms with Crippen molar-refractivity contribution in [2.75, 3.05) is 6.54 Å². The number of carbonyl (C=O) groups excluding carboxylic acids is 2. The molecule has 0 unspecified atom stereocenters. The van der Waals surface area contributed by atoms with Gasteiger partial charge in [-0.25, -0.2) is 0 Å². The fourth-order valence-corrected chi connectivity index (χ4v) is 2.83. The minimum Gasteiger partial charge on any atom is -0.458 e. The van der Waals surface area contributed by atoms with Gasteiger partial charge in [0.15, 0.2) is 5.76 Å². The lowest BCUT2D eigenvalue weighted by molar-refractivity contribution is -0.143. The number of hydrogen-bond acceptors (Lipinski definition) is 6. The summed E-state index contributed by atoms with van der Waals surface area (Å²) in [5, 5.41) is 8.34. The molecule has 0 fully saturated rings. The number of aryl methyl sites for hydroxylation is 1. The Labute approximate surface area is 148 Å². The van der Waals surface area contributed by atoms with Gasteiger partial charge >= 0.3 is 5.97 Å². The number of thiophene rings is 1. The average molecular weight is 356 g/mol. The average Bonchev–Trinajstić information content (AvgIpc) is 3.29. The first-order chi connectivity index (χ1) is 12.1. The van der Waals surface area contributed by atoms with Crippen LogP contribution in [0.15, 0.2) is 52.4 Å². The van der Waals surface area contributed by atoms with Gasteiger partial charge in [-0.3, -0.25) is 9.59 Å². The van der Waals surface area contributed by atoms with Crippen LogP contribution < -0.4 is 5.32 Å². The maximum atomic E-state index is 12.0. The molecular weight excluding hydrogens is 340 g/mol. The third kappa shape index (κ3) is 4.54. The molecule has 6 nitrogen and oxygen atoms in total. The lowest BCUT2D eigenvalue weighted by Crippen LogP contribution is -2.30. The van der Waals surface area contributed by atoms with E-state index < -0.39 is 5.97 Å². The van der Waals surface area contributed by atoms with Crippen molar-refractivity contribution in [2.45, 2.75) is 13.5 Å². The minimum atomic E-state index is -0.540. The molecular formula is C18H16N2O4S. The molecule has 3 aromatic rings. The largest absolute Gasteiger partial charge is 0.458 e. The van der Waals surface area contributed by atoms with Gasteiger partial charge in [0.25, 0.3) is 5.91 Å². The van der Waals surface area contributed by atoms with Crippen molar-refractivity contribution in [3.05, 3.63) is 64.7 Å². The van der Waals surface area contributed by atoms with Crippen LogP contribution in [0.25, 0.3) is 10.6 Å². The molecule has 128 valence electrons. The highest BCUT2D eigenvalue weighted by molar-refractivity contribution is 7.13. The lowest BCUT2D eigenvalue weighted by Gasteiger charge is -2.06. The van der Waals surface area contributed by atoms with Crippen molar-refractivity contribution in [1.29, 1.82) is 0 Å². The highest BCUT2D eigenvalue weighted by atomic mass is 32.1. The van der Waals surface area contributed by atoms with E-state index in [1.807, 2.05) is 30.5 Å². The number of benzene rings is 1. The Morgan fingerprint density at radius 1 is 1.24 bits per heavy atom. The fourth-order valence-electron chi connectivity index (χ4n) is 2.16. The predicted molar refractivity (Wildman–Crippen MR) is 93.1 cm³/mol. The molecule has 0 saturated heterocycles. The first-order valence-electron chi connectivity index (χ1n) is 7.62. The number of nitrogens with zero attached hydrogens (tertiary/aromatic N) is 1. The lowest BCUT2D eigenvalue weighted by atomic mass is 10.1. The molecule has 0 saturated carbocycles. The van der Waals surface area contributed by atoms with Crippen LogP contribution in [-0.4, -0.2) is 23.6 Å². The zero-order valence-corrected chi connectivity index (χ0v) is 14.3. The normalized spacial score (nSPS) is 10.4. The standard InChI is InChI=1S/C18H16N2O4S/c1-12-4-2-5-13(8-12)18(22)19-10-17(21)23-11-14-9-15(24-20-14)16-6-3-7-25-16/h2-9H,10-11H2,1H3,(H,19,22). The number of amides is 1. The fraction of sp³-hybridized carbons (Fsp3) is 0.167.